The number of nitrogens with one attached hydrogen (secondary N) is 1. The molecule has 0 unspecified atom stereocenters. The minimum Gasteiger partial charge on any atom is -0.442 e. The normalized spacial score (nSPS) is 22.0. The van der Waals surface area contributed by atoms with Crippen LogP contribution in [0.2, 0.25) is 0 Å². The second-order valence-electron chi connectivity index (χ2n) is 6.78. The number of anilines is 1. The fourth-order valence-electron chi connectivity index (χ4n) is 3.13. The standard InChI is InChI=1S/C17H20N2O4/c1-10(20)18-8-13-9-19(16(22)23-13)12-4-5-14-11(6-12)7-17(2,3)15(14)21/h4-6,13H,7-9H2,1-3H3,(H,18,20)/t13-/m0/s1. The van der Waals surface area contributed by atoms with Crippen molar-refractivity contribution in [2.45, 2.75) is 33.3 Å². The van der Waals surface area contributed by atoms with E-state index in [-0.39, 0.29) is 23.2 Å². The minimum atomic E-state index is -0.427. The van der Waals surface area contributed by atoms with Crippen LogP contribution in [-0.4, -0.2) is 37.0 Å². The lowest BCUT2D eigenvalue weighted by Gasteiger charge is -2.14. The molecule has 0 aromatic heterocycles. The van der Waals surface area contributed by atoms with E-state index in [9.17, 15) is 14.4 Å². The van der Waals surface area contributed by atoms with Crippen LogP contribution in [0, 0.1) is 5.41 Å². The van der Waals surface area contributed by atoms with Crippen molar-refractivity contribution in [2.24, 2.45) is 5.41 Å². The molecule has 2 amide bonds. The molecule has 1 aromatic carbocycles. The molecular formula is C17H20N2O4. The maximum atomic E-state index is 12.3. The highest BCUT2D eigenvalue weighted by Gasteiger charge is 2.39. The molecule has 1 heterocycles. The van der Waals surface area contributed by atoms with Crippen molar-refractivity contribution in [2.75, 3.05) is 18.0 Å². The van der Waals surface area contributed by atoms with Crippen LogP contribution in [0.4, 0.5) is 10.5 Å². The predicted octanol–water partition coefficient (Wildman–Crippen LogP) is 1.91. The first-order valence-electron chi connectivity index (χ1n) is 7.68. The Bertz CT molecular complexity index is 696. The van der Waals surface area contributed by atoms with Gasteiger partial charge >= 0.3 is 6.09 Å². The highest BCUT2D eigenvalue weighted by molar-refractivity contribution is 6.05. The van der Waals surface area contributed by atoms with Gasteiger partial charge in [-0.2, -0.15) is 0 Å². The number of carbonyl (C=O) groups is 3. The number of cyclic esters (lactones) is 1. The number of benzene rings is 1. The zero-order valence-corrected chi connectivity index (χ0v) is 13.5. The van der Waals surface area contributed by atoms with E-state index < -0.39 is 6.09 Å². The molecule has 1 fully saturated rings. The summed E-state index contributed by atoms with van der Waals surface area (Å²) in [6.07, 6.45) is -0.116. The number of hydrogen-bond acceptors (Lipinski definition) is 4. The SMILES string of the molecule is CC(=O)NC[C@H]1CN(c2ccc3c(c2)CC(C)(C)C3=O)C(=O)O1. The van der Waals surface area contributed by atoms with E-state index in [1.165, 1.54) is 6.92 Å². The van der Waals surface area contributed by atoms with E-state index in [0.717, 1.165) is 16.8 Å². The van der Waals surface area contributed by atoms with Crippen molar-refractivity contribution in [3.05, 3.63) is 29.3 Å². The molecule has 1 saturated heterocycles. The fourth-order valence-corrected chi connectivity index (χ4v) is 3.13. The summed E-state index contributed by atoms with van der Waals surface area (Å²) in [4.78, 5) is 36.8. The molecule has 3 rings (SSSR count). The Kier molecular flexibility index (Phi) is 3.62. The molecule has 122 valence electrons. The first-order chi connectivity index (χ1) is 10.8. The average molecular weight is 316 g/mol. The van der Waals surface area contributed by atoms with Gasteiger partial charge in [-0.1, -0.05) is 13.8 Å². The molecule has 0 radical (unpaired) electrons. The molecule has 1 aliphatic heterocycles. The fraction of sp³-hybridized carbons (Fsp3) is 0.471. The molecule has 0 bridgehead atoms. The third-order valence-corrected chi connectivity index (χ3v) is 4.34. The summed E-state index contributed by atoms with van der Waals surface area (Å²) in [6, 6.07) is 5.46. The molecule has 6 heteroatoms. The first kappa shape index (κ1) is 15.5. The van der Waals surface area contributed by atoms with E-state index in [2.05, 4.69) is 5.32 Å². The second kappa shape index (κ2) is 5.37. The van der Waals surface area contributed by atoms with E-state index in [4.69, 9.17) is 4.74 Å². The van der Waals surface area contributed by atoms with Gasteiger partial charge in [-0.05, 0) is 30.2 Å². The molecule has 1 N–H and O–H groups in total. The summed E-state index contributed by atoms with van der Waals surface area (Å²) < 4.78 is 5.27. The number of carbonyl (C=O) groups excluding carboxylic acids is 3. The lowest BCUT2D eigenvalue weighted by atomic mass is 9.89. The Morgan fingerprint density at radius 1 is 1.39 bits per heavy atom. The molecule has 1 aliphatic carbocycles. The maximum Gasteiger partial charge on any atom is 0.414 e. The molecule has 0 spiro atoms. The highest BCUT2D eigenvalue weighted by Crippen LogP contribution is 2.38. The predicted molar refractivity (Wildman–Crippen MR) is 84.6 cm³/mol. The Morgan fingerprint density at radius 2 is 2.13 bits per heavy atom. The van der Waals surface area contributed by atoms with Crippen LogP contribution in [0.5, 0.6) is 0 Å². The zero-order chi connectivity index (χ0) is 16.8. The third kappa shape index (κ3) is 2.81. The lowest BCUT2D eigenvalue weighted by molar-refractivity contribution is -0.119. The summed E-state index contributed by atoms with van der Waals surface area (Å²) in [6.45, 7) is 5.97. The Balaban J connectivity index is 1.78. The number of nitrogens with zero attached hydrogens (tertiary/aromatic N) is 1. The van der Waals surface area contributed by atoms with Gasteiger partial charge in [-0.3, -0.25) is 14.5 Å². The number of fused-ring (bicyclic) bond motifs is 1. The Labute approximate surface area is 134 Å². The molecule has 1 atom stereocenters. The molecule has 6 nitrogen and oxygen atoms in total. The van der Waals surface area contributed by atoms with Gasteiger partial charge in [0.1, 0.15) is 6.10 Å². The van der Waals surface area contributed by atoms with Gasteiger partial charge in [0.05, 0.1) is 13.1 Å². The zero-order valence-electron chi connectivity index (χ0n) is 13.5. The Hall–Kier alpha value is -2.37. The van der Waals surface area contributed by atoms with E-state index in [0.29, 0.717) is 19.5 Å². The van der Waals surface area contributed by atoms with Crippen molar-refractivity contribution >= 4 is 23.5 Å². The van der Waals surface area contributed by atoms with Gasteiger partial charge in [0.15, 0.2) is 5.78 Å². The lowest BCUT2D eigenvalue weighted by Crippen LogP contribution is -2.33. The van der Waals surface area contributed by atoms with E-state index in [1.54, 1.807) is 17.0 Å². The Morgan fingerprint density at radius 3 is 2.83 bits per heavy atom. The van der Waals surface area contributed by atoms with Crippen LogP contribution in [0.3, 0.4) is 0 Å². The van der Waals surface area contributed by atoms with E-state index in [1.807, 2.05) is 19.9 Å². The second-order valence-corrected chi connectivity index (χ2v) is 6.78. The van der Waals surface area contributed by atoms with Gasteiger partial charge in [0.2, 0.25) is 5.91 Å². The van der Waals surface area contributed by atoms with Crippen LogP contribution in [0.25, 0.3) is 0 Å². The van der Waals surface area contributed by atoms with Crippen LogP contribution in [0.15, 0.2) is 18.2 Å². The number of ether oxygens (including phenoxy) is 1. The summed E-state index contributed by atoms with van der Waals surface area (Å²) in [5.74, 6) is -0.00985. The molecule has 1 aromatic rings. The van der Waals surface area contributed by atoms with Crippen molar-refractivity contribution in [3.63, 3.8) is 0 Å². The summed E-state index contributed by atoms with van der Waals surface area (Å²) in [7, 11) is 0. The van der Waals surface area contributed by atoms with Crippen LogP contribution in [0.1, 0.15) is 36.7 Å². The van der Waals surface area contributed by atoms with Crippen LogP contribution in [-0.2, 0) is 16.0 Å². The monoisotopic (exact) mass is 316 g/mol. The number of hydrogen-bond donors (Lipinski definition) is 1. The van der Waals surface area contributed by atoms with E-state index >= 15 is 0 Å². The van der Waals surface area contributed by atoms with Gasteiger partial charge in [-0.25, -0.2) is 4.79 Å². The largest absolute Gasteiger partial charge is 0.442 e. The molecular weight excluding hydrogens is 296 g/mol. The smallest absolute Gasteiger partial charge is 0.414 e. The highest BCUT2D eigenvalue weighted by atomic mass is 16.6. The summed E-state index contributed by atoms with van der Waals surface area (Å²) in [5.41, 5.74) is 2.04. The quantitative estimate of drug-likeness (QED) is 0.924. The minimum absolute atomic E-state index is 0.145. The van der Waals surface area contributed by atoms with Gasteiger partial charge < -0.3 is 10.1 Å². The van der Waals surface area contributed by atoms with Gasteiger partial charge in [0.25, 0.3) is 0 Å². The maximum absolute atomic E-state index is 12.3. The number of Topliss-reactive ketones (excluding diaryl/α,β-unsaturated/α-hetero) is 1. The third-order valence-electron chi connectivity index (χ3n) is 4.34. The van der Waals surface area contributed by atoms with Gasteiger partial charge in [0, 0.05) is 23.6 Å². The number of ketones is 1. The van der Waals surface area contributed by atoms with Crippen LogP contribution < -0.4 is 10.2 Å². The number of rotatable bonds is 3. The van der Waals surface area contributed by atoms with Crippen molar-refractivity contribution in [1.82, 2.24) is 5.32 Å². The van der Waals surface area contributed by atoms with Gasteiger partial charge in [-0.15, -0.1) is 0 Å². The van der Waals surface area contributed by atoms with Crippen LogP contribution >= 0.6 is 0 Å². The number of amides is 2. The van der Waals surface area contributed by atoms with Crippen molar-refractivity contribution in [1.29, 1.82) is 0 Å². The molecule has 23 heavy (non-hydrogen) atoms. The molecule has 2 aliphatic rings. The summed E-state index contributed by atoms with van der Waals surface area (Å²) in [5, 5.41) is 2.65. The molecule has 0 saturated carbocycles. The van der Waals surface area contributed by atoms with Crippen molar-refractivity contribution < 1.29 is 19.1 Å². The average Bonchev–Trinajstić information content (AvgIpc) is 2.94. The first-order valence-corrected chi connectivity index (χ1v) is 7.68. The summed E-state index contributed by atoms with van der Waals surface area (Å²) >= 11 is 0. The van der Waals surface area contributed by atoms with Crippen molar-refractivity contribution in [3.8, 4) is 0 Å². The topological polar surface area (TPSA) is 75.7 Å².